The number of carbonyl (C=O) groups is 1. The van der Waals surface area contributed by atoms with E-state index in [2.05, 4.69) is 21.2 Å². The summed E-state index contributed by atoms with van der Waals surface area (Å²) in [7, 11) is -4.01. The smallest absolute Gasteiger partial charge is 0.264 e. The number of halogens is 2. The summed E-state index contributed by atoms with van der Waals surface area (Å²) in [5.74, 6) is -0.475. The second-order valence-corrected chi connectivity index (χ2v) is 9.94. The molecule has 0 saturated carbocycles. The van der Waals surface area contributed by atoms with E-state index in [1.807, 2.05) is 13.0 Å². The number of aryl methyl sites for hydroxylation is 2. The maximum absolute atomic E-state index is 13.5. The van der Waals surface area contributed by atoms with Gasteiger partial charge in [-0.25, -0.2) is 8.42 Å². The zero-order valence-corrected chi connectivity index (χ0v) is 19.6. The monoisotopic (exact) mass is 506 g/mol. The van der Waals surface area contributed by atoms with E-state index < -0.39 is 22.5 Å². The SMILES string of the molecule is Cc1ccc(S(=O)(=O)N(CC(=O)Nc2ccccc2Br)c2cc(Cl)ccc2C)cc1. The molecule has 1 amide bonds. The third kappa shape index (κ3) is 5.03. The number of hydrogen-bond acceptors (Lipinski definition) is 3. The zero-order valence-electron chi connectivity index (χ0n) is 16.4. The maximum atomic E-state index is 13.5. The highest BCUT2D eigenvalue weighted by Gasteiger charge is 2.28. The predicted octanol–water partition coefficient (Wildman–Crippen LogP) is 5.55. The molecule has 8 heteroatoms. The fourth-order valence-corrected chi connectivity index (χ4v) is 4.90. The molecule has 156 valence electrons. The number of rotatable bonds is 6. The van der Waals surface area contributed by atoms with Gasteiger partial charge >= 0.3 is 0 Å². The van der Waals surface area contributed by atoms with Crippen LogP contribution in [0.25, 0.3) is 0 Å². The molecule has 0 bridgehead atoms. The van der Waals surface area contributed by atoms with Gasteiger partial charge in [-0.15, -0.1) is 0 Å². The highest BCUT2D eigenvalue weighted by atomic mass is 79.9. The molecular formula is C22H20BrClN2O3S. The third-order valence-corrected chi connectivity index (χ3v) is 7.18. The Kier molecular flexibility index (Phi) is 6.85. The Labute approximate surface area is 189 Å². The summed E-state index contributed by atoms with van der Waals surface area (Å²) in [6.07, 6.45) is 0. The lowest BCUT2D eigenvalue weighted by molar-refractivity contribution is -0.114. The molecule has 5 nitrogen and oxygen atoms in total. The van der Waals surface area contributed by atoms with E-state index in [-0.39, 0.29) is 4.90 Å². The van der Waals surface area contributed by atoms with Crippen LogP contribution in [-0.4, -0.2) is 20.9 Å². The summed E-state index contributed by atoms with van der Waals surface area (Å²) >= 11 is 9.51. The fourth-order valence-electron chi connectivity index (χ4n) is 2.87. The van der Waals surface area contributed by atoms with Crippen molar-refractivity contribution in [1.29, 1.82) is 0 Å². The number of hydrogen-bond donors (Lipinski definition) is 1. The number of sulfonamides is 1. The standard InChI is InChI=1S/C22H20BrClN2O3S/c1-15-7-11-18(12-8-15)30(28,29)26(21-13-17(24)10-9-16(21)2)14-22(27)25-20-6-4-3-5-19(20)23/h3-13H,14H2,1-2H3,(H,25,27). The van der Waals surface area contributed by atoms with E-state index >= 15 is 0 Å². The van der Waals surface area contributed by atoms with Crippen molar-refractivity contribution in [3.63, 3.8) is 0 Å². The first-order valence-corrected chi connectivity index (χ1v) is 11.7. The van der Waals surface area contributed by atoms with Crippen LogP contribution >= 0.6 is 27.5 Å². The van der Waals surface area contributed by atoms with Crippen LogP contribution in [0, 0.1) is 13.8 Å². The molecule has 0 aliphatic rings. The molecule has 1 N–H and O–H groups in total. The van der Waals surface area contributed by atoms with E-state index in [1.165, 1.54) is 12.1 Å². The lowest BCUT2D eigenvalue weighted by Crippen LogP contribution is -2.38. The highest BCUT2D eigenvalue weighted by molar-refractivity contribution is 9.10. The van der Waals surface area contributed by atoms with Gasteiger partial charge in [0.1, 0.15) is 6.54 Å². The number of para-hydroxylation sites is 1. The maximum Gasteiger partial charge on any atom is 0.264 e. The molecule has 0 aliphatic carbocycles. The summed E-state index contributed by atoms with van der Waals surface area (Å²) in [5.41, 5.74) is 2.53. The van der Waals surface area contributed by atoms with Gasteiger partial charge in [0.25, 0.3) is 10.0 Å². The average molecular weight is 508 g/mol. The molecule has 0 unspecified atom stereocenters. The minimum absolute atomic E-state index is 0.0983. The zero-order chi connectivity index (χ0) is 21.9. The number of carbonyl (C=O) groups excluding carboxylic acids is 1. The van der Waals surface area contributed by atoms with Crippen molar-refractivity contribution >= 4 is 54.8 Å². The van der Waals surface area contributed by atoms with Crippen molar-refractivity contribution in [3.8, 4) is 0 Å². The highest BCUT2D eigenvalue weighted by Crippen LogP contribution is 2.30. The first kappa shape index (κ1) is 22.3. The van der Waals surface area contributed by atoms with Crippen molar-refractivity contribution in [3.05, 3.63) is 87.4 Å². The summed E-state index contributed by atoms with van der Waals surface area (Å²) < 4.78 is 28.7. The molecule has 0 atom stereocenters. The predicted molar refractivity (Wildman–Crippen MR) is 125 cm³/mol. The number of nitrogens with one attached hydrogen (secondary N) is 1. The molecule has 0 aromatic heterocycles. The fraction of sp³-hybridized carbons (Fsp3) is 0.136. The van der Waals surface area contributed by atoms with Crippen molar-refractivity contribution < 1.29 is 13.2 Å². The van der Waals surface area contributed by atoms with E-state index in [9.17, 15) is 13.2 Å². The Bertz CT molecular complexity index is 1180. The molecule has 3 aromatic rings. The van der Waals surface area contributed by atoms with Gasteiger partial charge in [0.05, 0.1) is 16.3 Å². The number of nitrogens with zero attached hydrogens (tertiary/aromatic N) is 1. The first-order chi connectivity index (χ1) is 14.2. The lowest BCUT2D eigenvalue weighted by Gasteiger charge is -2.26. The molecular weight excluding hydrogens is 488 g/mol. The number of benzene rings is 3. The Morgan fingerprint density at radius 2 is 1.70 bits per heavy atom. The largest absolute Gasteiger partial charge is 0.323 e. The van der Waals surface area contributed by atoms with Crippen LogP contribution < -0.4 is 9.62 Å². The number of amides is 1. The van der Waals surface area contributed by atoms with Crippen molar-refractivity contribution in [2.24, 2.45) is 0 Å². The van der Waals surface area contributed by atoms with Crippen molar-refractivity contribution in [2.75, 3.05) is 16.2 Å². The molecule has 0 aliphatic heterocycles. The number of anilines is 2. The summed E-state index contributed by atoms with van der Waals surface area (Å²) in [5, 5.41) is 3.13. The van der Waals surface area contributed by atoms with Gasteiger partial charge in [-0.1, -0.05) is 47.5 Å². The second-order valence-electron chi connectivity index (χ2n) is 6.78. The van der Waals surface area contributed by atoms with Crippen LogP contribution in [0.4, 0.5) is 11.4 Å². The molecule has 0 fully saturated rings. The average Bonchev–Trinajstić information content (AvgIpc) is 2.70. The van der Waals surface area contributed by atoms with Gasteiger partial charge in [-0.3, -0.25) is 9.10 Å². The van der Waals surface area contributed by atoms with E-state index in [4.69, 9.17) is 11.6 Å². The van der Waals surface area contributed by atoms with Gasteiger partial charge in [0.2, 0.25) is 5.91 Å². The lowest BCUT2D eigenvalue weighted by atomic mass is 10.2. The van der Waals surface area contributed by atoms with Gasteiger partial charge in [0, 0.05) is 9.50 Å². The Morgan fingerprint density at radius 3 is 2.37 bits per heavy atom. The van der Waals surface area contributed by atoms with E-state index in [0.29, 0.717) is 26.4 Å². The van der Waals surface area contributed by atoms with Crippen molar-refractivity contribution in [2.45, 2.75) is 18.7 Å². The van der Waals surface area contributed by atoms with Gasteiger partial charge < -0.3 is 5.32 Å². The van der Waals surface area contributed by atoms with Gasteiger partial charge in [-0.2, -0.15) is 0 Å². The van der Waals surface area contributed by atoms with Crippen LogP contribution in [0.2, 0.25) is 5.02 Å². The molecule has 0 heterocycles. The first-order valence-electron chi connectivity index (χ1n) is 9.08. The Morgan fingerprint density at radius 1 is 1.03 bits per heavy atom. The molecule has 30 heavy (non-hydrogen) atoms. The van der Waals surface area contributed by atoms with Gasteiger partial charge in [-0.05, 0) is 71.7 Å². The minimum atomic E-state index is -4.01. The molecule has 3 aromatic carbocycles. The summed E-state index contributed by atoms with van der Waals surface area (Å²) in [6.45, 7) is 3.24. The van der Waals surface area contributed by atoms with Crippen molar-refractivity contribution in [1.82, 2.24) is 0 Å². The molecule has 0 radical (unpaired) electrons. The Hall–Kier alpha value is -2.35. The molecule has 0 spiro atoms. The van der Waals surface area contributed by atoms with Crippen LogP contribution in [-0.2, 0) is 14.8 Å². The minimum Gasteiger partial charge on any atom is -0.323 e. The van der Waals surface area contributed by atoms with Crippen LogP contribution in [0.15, 0.2) is 76.1 Å². The Balaban J connectivity index is 2.01. The molecule has 0 saturated heterocycles. The van der Waals surface area contributed by atoms with Crippen LogP contribution in [0.5, 0.6) is 0 Å². The van der Waals surface area contributed by atoms with Crippen LogP contribution in [0.3, 0.4) is 0 Å². The van der Waals surface area contributed by atoms with Gasteiger partial charge in [0.15, 0.2) is 0 Å². The normalized spacial score (nSPS) is 11.2. The summed E-state index contributed by atoms with van der Waals surface area (Å²) in [6, 6.07) is 18.6. The third-order valence-electron chi connectivity index (χ3n) is 4.48. The quantitative estimate of drug-likeness (QED) is 0.475. The second kappa shape index (κ2) is 9.20. The topological polar surface area (TPSA) is 66.5 Å². The van der Waals surface area contributed by atoms with E-state index in [1.54, 1.807) is 55.5 Å². The van der Waals surface area contributed by atoms with E-state index in [0.717, 1.165) is 9.87 Å². The summed E-state index contributed by atoms with van der Waals surface area (Å²) in [4.78, 5) is 12.9. The molecule has 3 rings (SSSR count). The van der Waals surface area contributed by atoms with Crippen LogP contribution in [0.1, 0.15) is 11.1 Å².